The number of Topliss-reactive ketones (excluding diaryl/α,β-unsaturated/α-hetero) is 1. The van der Waals surface area contributed by atoms with E-state index in [-0.39, 0.29) is 29.7 Å². The first-order valence-corrected chi connectivity index (χ1v) is 9.64. The monoisotopic (exact) mass is 370 g/mol. The second-order valence-electron chi connectivity index (χ2n) is 8.86. The number of benzene rings is 1. The lowest BCUT2D eigenvalue weighted by Crippen LogP contribution is -2.65. The van der Waals surface area contributed by atoms with Crippen LogP contribution in [-0.2, 0) is 9.59 Å². The fourth-order valence-electron chi connectivity index (χ4n) is 5.92. The maximum absolute atomic E-state index is 12.9. The highest BCUT2D eigenvalue weighted by Crippen LogP contribution is 2.61. The molecule has 4 aliphatic carbocycles. The van der Waals surface area contributed by atoms with Crippen molar-refractivity contribution in [3.8, 4) is 5.75 Å². The number of primary amides is 1. The van der Waals surface area contributed by atoms with Crippen LogP contribution in [0.1, 0.15) is 55.8 Å². The van der Waals surface area contributed by atoms with Crippen LogP contribution in [-0.4, -0.2) is 29.7 Å². The molecule has 4 saturated carbocycles. The van der Waals surface area contributed by atoms with E-state index in [0.717, 1.165) is 32.1 Å². The fraction of sp³-hybridized carbons (Fsp3) is 0.571. The lowest BCUT2D eigenvalue weighted by molar-refractivity contribution is -0.146. The molecule has 0 aliphatic heterocycles. The summed E-state index contributed by atoms with van der Waals surface area (Å²) in [6.45, 7) is 1.44. The third-order valence-electron chi connectivity index (χ3n) is 6.50. The first-order chi connectivity index (χ1) is 12.8. The lowest BCUT2D eigenvalue weighted by atomic mass is 9.46. The van der Waals surface area contributed by atoms with Crippen molar-refractivity contribution in [1.82, 2.24) is 5.32 Å². The Morgan fingerprint density at radius 1 is 1.19 bits per heavy atom. The zero-order valence-electron chi connectivity index (χ0n) is 15.6. The van der Waals surface area contributed by atoms with Gasteiger partial charge in [0.1, 0.15) is 12.4 Å². The predicted octanol–water partition coefficient (Wildman–Crippen LogP) is 2.21. The number of hydrogen-bond donors (Lipinski definition) is 2. The summed E-state index contributed by atoms with van der Waals surface area (Å²) in [7, 11) is 0. The van der Waals surface area contributed by atoms with Crippen LogP contribution < -0.4 is 15.8 Å². The van der Waals surface area contributed by atoms with Crippen LogP contribution in [0.25, 0.3) is 0 Å². The summed E-state index contributed by atoms with van der Waals surface area (Å²) < 4.78 is 5.41. The van der Waals surface area contributed by atoms with Gasteiger partial charge in [0.2, 0.25) is 5.91 Å². The van der Waals surface area contributed by atoms with E-state index >= 15 is 0 Å². The van der Waals surface area contributed by atoms with E-state index in [4.69, 9.17) is 10.5 Å². The SMILES string of the molecule is CC(=O)COc1cccc(C(=O)NC23CC4CC(C2)CC(C(N)=O)(C4)C3)c1. The summed E-state index contributed by atoms with van der Waals surface area (Å²) in [4.78, 5) is 36.2. The Bertz CT molecular complexity index is 789. The smallest absolute Gasteiger partial charge is 0.251 e. The van der Waals surface area contributed by atoms with Gasteiger partial charge in [-0.05, 0) is 75.5 Å². The molecule has 0 aromatic heterocycles. The predicted molar refractivity (Wildman–Crippen MR) is 99.1 cm³/mol. The average molecular weight is 370 g/mol. The quantitative estimate of drug-likeness (QED) is 0.802. The molecule has 4 aliphatic rings. The first-order valence-electron chi connectivity index (χ1n) is 9.64. The third kappa shape index (κ3) is 3.33. The molecular formula is C21H26N2O4. The molecule has 1 aromatic rings. The van der Waals surface area contributed by atoms with E-state index < -0.39 is 5.41 Å². The number of carbonyl (C=O) groups excluding carboxylic acids is 3. The topological polar surface area (TPSA) is 98.5 Å². The molecule has 0 radical (unpaired) electrons. The van der Waals surface area contributed by atoms with Gasteiger partial charge >= 0.3 is 0 Å². The molecule has 0 saturated heterocycles. The third-order valence-corrected chi connectivity index (χ3v) is 6.50. The fourth-order valence-corrected chi connectivity index (χ4v) is 5.92. The van der Waals surface area contributed by atoms with Crippen molar-refractivity contribution in [2.24, 2.45) is 23.0 Å². The largest absolute Gasteiger partial charge is 0.486 e. The van der Waals surface area contributed by atoms with E-state index in [9.17, 15) is 14.4 Å². The van der Waals surface area contributed by atoms with Crippen molar-refractivity contribution < 1.29 is 19.1 Å². The van der Waals surface area contributed by atoms with Gasteiger partial charge in [-0.1, -0.05) is 6.07 Å². The lowest BCUT2D eigenvalue weighted by Gasteiger charge is -2.61. The van der Waals surface area contributed by atoms with Crippen molar-refractivity contribution in [3.63, 3.8) is 0 Å². The van der Waals surface area contributed by atoms with E-state index in [1.54, 1.807) is 24.3 Å². The number of nitrogens with two attached hydrogens (primary N) is 1. The molecule has 2 unspecified atom stereocenters. The van der Waals surface area contributed by atoms with Gasteiger partial charge in [-0.15, -0.1) is 0 Å². The number of nitrogens with one attached hydrogen (secondary N) is 1. The molecule has 0 spiro atoms. The Hall–Kier alpha value is -2.37. The van der Waals surface area contributed by atoms with Crippen molar-refractivity contribution >= 4 is 17.6 Å². The Morgan fingerprint density at radius 2 is 1.89 bits per heavy atom. The van der Waals surface area contributed by atoms with Gasteiger partial charge in [-0.2, -0.15) is 0 Å². The molecule has 1 aromatic carbocycles. The van der Waals surface area contributed by atoms with Gasteiger partial charge in [0.25, 0.3) is 5.91 Å². The molecule has 2 amide bonds. The number of carbonyl (C=O) groups is 3. The number of ether oxygens (including phenoxy) is 1. The molecule has 6 heteroatoms. The molecule has 4 fully saturated rings. The maximum Gasteiger partial charge on any atom is 0.251 e. The van der Waals surface area contributed by atoms with Gasteiger partial charge in [-0.3, -0.25) is 14.4 Å². The molecule has 0 heterocycles. The minimum atomic E-state index is -0.455. The van der Waals surface area contributed by atoms with Crippen molar-refractivity contribution in [1.29, 1.82) is 0 Å². The Balaban J connectivity index is 1.52. The highest BCUT2D eigenvalue weighted by atomic mass is 16.5. The number of rotatable bonds is 6. The molecular weight excluding hydrogens is 344 g/mol. The minimum Gasteiger partial charge on any atom is -0.486 e. The summed E-state index contributed by atoms with van der Waals surface area (Å²) in [5.41, 5.74) is 5.48. The second-order valence-corrected chi connectivity index (χ2v) is 8.86. The normalized spacial score (nSPS) is 33.5. The molecule has 27 heavy (non-hydrogen) atoms. The summed E-state index contributed by atoms with van der Waals surface area (Å²) in [6.07, 6.45) is 5.36. The van der Waals surface area contributed by atoms with Crippen LogP contribution in [0, 0.1) is 17.3 Å². The highest BCUT2D eigenvalue weighted by Gasteiger charge is 2.60. The standard InChI is InChI=1S/C21H26N2O4/c1-13(24)11-27-17-4-2-3-16(6-17)18(25)23-21-9-14-5-15(10-21)8-20(7-14,12-21)19(22)26/h2-4,6,14-15H,5,7-12H2,1H3,(H2,22,26)(H,23,25). The first kappa shape index (κ1) is 18.0. The van der Waals surface area contributed by atoms with E-state index in [1.807, 2.05) is 0 Å². The second kappa shape index (κ2) is 6.36. The summed E-state index contributed by atoms with van der Waals surface area (Å²) in [6, 6.07) is 6.87. The van der Waals surface area contributed by atoms with Crippen LogP contribution in [0.3, 0.4) is 0 Å². The van der Waals surface area contributed by atoms with Crippen LogP contribution in [0.15, 0.2) is 24.3 Å². The summed E-state index contributed by atoms with van der Waals surface area (Å²) >= 11 is 0. The zero-order valence-corrected chi connectivity index (χ0v) is 15.6. The molecule has 6 nitrogen and oxygen atoms in total. The molecule has 5 rings (SSSR count). The summed E-state index contributed by atoms with van der Waals surface area (Å²) in [5.74, 6) is 0.973. The molecule has 2 atom stereocenters. The van der Waals surface area contributed by atoms with Crippen molar-refractivity contribution in [2.45, 2.75) is 51.0 Å². The average Bonchev–Trinajstić information content (AvgIpc) is 2.58. The maximum atomic E-state index is 12.9. The van der Waals surface area contributed by atoms with E-state index in [2.05, 4.69) is 5.32 Å². The van der Waals surface area contributed by atoms with Crippen LogP contribution in [0.4, 0.5) is 0 Å². The molecule has 4 bridgehead atoms. The molecule has 144 valence electrons. The van der Waals surface area contributed by atoms with Crippen molar-refractivity contribution in [2.75, 3.05) is 6.61 Å². The van der Waals surface area contributed by atoms with Crippen LogP contribution in [0.2, 0.25) is 0 Å². The number of hydrogen-bond acceptors (Lipinski definition) is 4. The van der Waals surface area contributed by atoms with E-state index in [0.29, 0.717) is 29.6 Å². The van der Waals surface area contributed by atoms with Crippen LogP contribution in [0.5, 0.6) is 5.75 Å². The Labute approximate surface area is 158 Å². The zero-order chi connectivity index (χ0) is 19.2. The Kier molecular flexibility index (Phi) is 4.24. The van der Waals surface area contributed by atoms with Gasteiger partial charge in [0.05, 0.1) is 5.41 Å². The number of amides is 2. The number of ketones is 1. The highest BCUT2D eigenvalue weighted by molar-refractivity contribution is 5.95. The van der Waals surface area contributed by atoms with Gasteiger partial charge in [0.15, 0.2) is 5.78 Å². The van der Waals surface area contributed by atoms with E-state index in [1.165, 1.54) is 6.92 Å². The van der Waals surface area contributed by atoms with Gasteiger partial charge in [-0.25, -0.2) is 0 Å². The summed E-state index contributed by atoms with van der Waals surface area (Å²) in [5, 5.41) is 3.24. The van der Waals surface area contributed by atoms with Gasteiger partial charge in [0, 0.05) is 11.1 Å². The van der Waals surface area contributed by atoms with Gasteiger partial charge < -0.3 is 15.8 Å². The molecule has 3 N–H and O–H groups in total. The minimum absolute atomic E-state index is 0.0144. The van der Waals surface area contributed by atoms with Crippen LogP contribution >= 0.6 is 0 Å². The Morgan fingerprint density at radius 3 is 2.52 bits per heavy atom. The van der Waals surface area contributed by atoms with Crippen molar-refractivity contribution in [3.05, 3.63) is 29.8 Å².